The van der Waals surface area contributed by atoms with Crippen LogP contribution in [0.5, 0.6) is 0 Å². The van der Waals surface area contributed by atoms with Crippen molar-refractivity contribution < 1.29 is 23.9 Å². The highest BCUT2D eigenvalue weighted by atomic mass is 32.2. The first kappa shape index (κ1) is 18.9. The van der Waals surface area contributed by atoms with Crippen LogP contribution < -0.4 is 0 Å². The Morgan fingerprint density at radius 1 is 1.32 bits per heavy atom. The number of esters is 1. The second-order valence-electron chi connectivity index (χ2n) is 5.59. The molecular weight excluding hydrogens is 304 g/mol. The van der Waals surface area contributed by atoms with Crippen LogP contribution in [0.4, 0.5) is 0 Å². The van der Waals surface area contributed by atoms with E-state index in [1.165, 1.54) is 7.11 Å². The summed E-state index contributed by atoms with van der Waals surface area (Å²) in [5.74, 6) is -3.69. The number of thioether (sulfide) groups is 1. The molecule has 4 atom stereocenters. The van der Waals surface area contributed by atoms with Gasteiger partial charge in [0.25, 0.3) is 0 Å². The number of ketones is 3. The standard InChI is InChI=1S/C16H24O5S/c1-5-11(17)14-12(18)8-10(7-9(3)22-6-2)13(15(14)19)16(20)21-4/h9-10,13-14H,5-8H2,1-4H3. The molecule has 0 aromatic heterocycles. The molecule has 0 radical (unpaired) electrons. The van der Waals surface area contributed by atoms with Gasteiger partial charge < -0.3 is 4.74 Å². The number of hydrogen-bond acceptors (Lipinski definition) is 6. The summed E-state index contributed by atoms with van der Waals surface area (Å²) in [6, 6.07) is 0. The largest absolute Gasteiger partial charge is 0.468 e. The lowest BCUT2D eigenvalue weighted by Gasteiger charge is -2.33. The van der Waals surface area contributed by atoms with E-state index < -0.39 is 29.4 Å². The van der Waals surface area contributed by atoms with Crippen LogP contribution in [-0.4, -0.2) is 41.4 Å². The van der Waals surface area contributed by atoms with Crippen molar-refractivity contribution in [3.05, 3.63) is 0 Å². The van der Waals surface area contributed by atoms with Crippen molar-refractivity contribution in [2.24, 2.45) is 17.8 Å². The summed E-state index contributed by atoms with van der Waals surface area (Å²) in [6.07, 6.45) is 0.794. The first-order valence-electron chi connectivity index (χ1n) is 7.65. The molecule has 5 nitrogen and oxygen atoms in total. The average Bonchev–Trinajstić information content (AvgIpc) is 2.46. The maximum atomic E-state index is 12.5. The number of carbonyl (C=O) groups excluding carboxylic acids is 4. The quantitative estimate of drug-likeness (QED) is 0.526. The summed E-state index contributed by atoms with van der Waals surface area (Å²) in [6.45, 7) is 5.66. The summed E-state index contributed by atoms with van der Waals surface area (Å²) in [5, 5.41) is 0.237. The van der Waals surface area contributed by atoms with Crippen LogP contribution in [0.25, 0.3) is 0 Å². The van der Waals surface area contributed by atoms with E-state index in [0.29, 0.717) is 6.42 Å². The lowest BCUT2D eigenvalue weighted by molar-refractivity contribution is -0.158. The van der Waals surface area contributed by atoms with Crippen molar-refractivity contribution in [1.82, 2.24) is 0 Å². The van der Waals surface area contributed by atoms with Crippen LogP contribution in [0.1, 0.15) is 40.0 Å². The molecule has 0 saturated heterocycles. The minimum absolute atomic E-state index is 0.0938. The zero-order valence-electron chi connectivity index (χ0n) is 13.6. The average molecular weight is 328 g/mol. The first-order valence-corrected chi connectivity index (χ1v) is 8.70. The number of hydrogen-bond donors (Lipinski definition) is 0. The van der Waals surface area contributed by atoms with Gasteiger partial charge in [-0.15, -0.1) is 0 Å². The van der Waals surface area contributed by atoms with Crippen molar-refractivity contribution in [1.29, 1.82) is 0 Å². The molecule has 124 valence electrons. The van der Waals surface area contributed by atoms with Crippen LogP contribution in [-0.2, 0) is 23.9 Å². The SMILES string of the molecule is CCSC(C)CC1CC(=O)C(C(=O)CC)C(=O)C1C(=O)OC. The Labute approximate surface area is 135 Å². The van der Waals surface area contributed by atoms with Gasteiger partial charge in [0.05, 0.1) is 7.11 Å². The minimum atomic E-state index is -1.28. The number of carbonyl (C=O) groups is 4. The highest BCUT2D eigenvalue weighted by Gasteiger charge is 2.49. The molecule has 0 heterocycles. The van der Waals surface area contributed by atoms with Crippen LogP contribution in [0.3, 0.4) is 0 Å². The normalized spacial score (nSPS) is 26.6. The lowest BCUT2D eigenvalue weighted by Crippen LogP contribution is -2.48. The fourth-order valence-corrected chi connectivity index (χ4v) is 3.99. The van der Waals surface area contributed by atoms with Crippen LogP contribution in [0, 0.1) is 17.8 Å². The summed E-state index contributed by atoms with van der Waals surface area (Å²) >= 11 is 1.72. The zero-order valence-corrected chi connectivity index (χ0v) is 14.4. The lowest BCUT2D eigenvalue weighted by atomic mass is 9.69. The van der Waals surface area contributed by atoms with Gasteiger partial charge in [-0.2, -0.15) is 11.8 Å². The van der Waals surface area contributed by atoms with Crippen molar-refractivity contribution in [2.45, 2.75) is 45.3 Å². The molecule has 1 aliphatic rings. The Bertz CT molecular complexity index is 459. The molecule has 0 N–H and O–H groups in total. The van der Waals surface area contributed by atoms with Crippen LogP contribution in [0.2, 0.25) is 0 Å². The molecule has 1 rings (SSSR count). The third-order valence-corrected chi connectivity index (χ3v) is 5.15. The van der Waals surface area contributed by atoms with Crippen LogP contribution >= 0.6 is 11.8 Å². The van der Waals surface area contributed by atoms with E-state index >= 15 is 0 Å². The molecule has 0 aliphatic heterocycles. The minimum Gasteiger partial charge on any atom is -0.468 e. The van der Waals surface area contributed by atoms with Gasteiger partial charge in [0.1, 0.15) is 11.8 Å². The molecule has 0 aromatic rings. The van der Waals surface area contributed by atoms with E-state index in [-0.39, 0.29) is 29.8 Å². The van der Waals surface area contributed by atoms with E-state index in [4.69, 9.17) is 4.74 Å². The van der Waals surface area contributed by atoms with Crippen molar-refractivity contribution in [3.8, 4) is 0 Å². The van der Waals surface area contributed by atoms with Crippen molar-refractivity contribution in [3.63, 3.8) is 0 Å². The molecule has 6 heteroatoms. The number of rotatable bonds is 7. The summed E-state index contributed by atoms with van der Waals surface area (Å²) in [7, 11) is 1.23. The highest BCUT2D eigenvalue weighted by molar-refractivity contribution is 7.99. The molecule has 0 aromatic carbocycles. The Hall–Kier alpha value is -1.17. The molecule has 1 aliphatic carbocycles. The van der Waals surface area contributed by atoms with Gasteiger partial charge in [-0.1, -0.05) is 20.8 Å². The van der Waals surface area contributed by atoms with Gasteiger partial charge in [-0.05, 0) is 18.1 Å². The topological polar surface area (TPSA) is 77.5 Å². The summed E-state index contributed by atoms with van der Waals surface area (Å²) in [4.78, 5) is 48.6. The van der Waals surface area contributed by atoms with Crippen molar-refractivity contribution in [2.75, 3.05) is 12.9 Å². The Morgan fingerprint density at radius 3 is 2.45 bits per heavy atom. The number of methoxy groups -OCH3 is 1. The third-order valence-electron chi connectivity index (χ3n) is 4.06. The van der Waals surface area contributed by atoms with E-state index in [0.717, 1.165) is 5.75 Å². The van der Waals surface area contributed by atoms with E-state index in [2.05, 4.69) is 0 Å². The Balaban J connectivity index is 3.03. The number of Topliss-reactive ketones (excluding diaryl/α,β-unsaturated/α-hetero) is 3. The second kappa shape index (κ2) is 8.46. The van der Waals surface area contributed by atoms with E-state index in [1.54, 1.807) is 18.7 Å². The maximum absolute atomic E-state index is 12.5. The Kier molecular flexibility index (Phi) is 7.26. The van der Waals surface area contributed by atoms with Gasteiger partial charge in [0.2, 0.25) is 0 Å². The first-order chi connectivity index (χ1) is 10.4. The summed E-state index contributed by atoms with van der Waals surface area (Å²) < 4.78 is 4.74. The highest BCUT2D eigenvalue weighted by Crippen LogP contribution is 2.35. The smallest absolute Gasteiger partial charge is 0.316 e. The Morgan fingerprint density at radius 2 is 1.95 bits per heavy atom. The maximum Gasteiger partial charge on any atom is 0.316 e. The van der Waals surface area contributed by atoms with Gasteiger partial charge in [0.15, 0.2) is 17.3 Å². The molecule has 0 amide bonds. The third kappa shape index (κ3) is 4.18. The predicted molar refractivity (Wildman–Crippen MR) is 84.6 cm³/mol. The molecule has 4 unspecified atom stereocenters. The molecule has 1 fully saturated rings. The molecule has 1 saturated carbocycles. The zero-order chi connectivity index (χ0) is 16.9. The monoisotopic (exact) mass is 328 g/mol. The predicted octanol–water partition coefficient (Wildman–Crippen LogP) is 2.06. The van der Waals surface area contributed by atoms with Gasteiger partial charge >= 0.3 is 5.97 Å². The molecule has 0 spiro atoms. The van der Waals surface area contributed by atoms with E-state index in [9.17, 15) is 19.2 Å². The van der Waals surface area contributed by atoms with E-state index in [1.807, 2.05) is 13.8 Å². The summed E-state index contributed by atoms with van der Waals surface area (Å²) in [5.41, 5.74) is 0. The number of ether oxygens (including phenoxy) is 1. The van der Waals surface area contributed by atoms with Crippen LogP contribution in [0.15, 0.2) is 0 Å². The molecule has 22 heavy (non-hydrogen) atoms. The van der Waals surface area contributed by atoms with Gasteiger partial charge in [-0.25, -0.2) is 0 Å². The van der Waals surface area contributed by atoms with Crippen molar-refractivity contribution >= 4 is 35.1 Å². The van der Waals surface area contributed by atoms with Gasteiger partial charge in [0, 0.05) is 18.1 Å². The fraction of sp³-hybridized carbons (Fsp3) is 0.750. The second-order valence-corrected chi connectivity index (χ2v) is 7.30. The molecule has 0 bridgehead atoms. The van der Waals surface area contributed by atoms with Gasteiger partial charge in [-0.3, -0.25) is 19.2 Å². The molecular formula is C16H24O5S. The fourth-order valence-electron chi connectivity index (χ4n) is 3.04.